The van der Waals surface area contributed by atoms with Gasteiger partial charge in [-0.1, -0.05) is 0 Å². The lowest BCUT2D eigenvalue weighted by molar-refractivity contribution is -0.0496. The highest BCUT2D eigenvalue weighted by atomic mass is 19.3. The molecule has 94 valence electrons. The van der Waals surface area contributed by atoms with Crippen LogP contribution in [0.1, 0.15) is 50.3 Å². The number of nitrogens with two attached hydrogens (primary N) is 1. The van der Waals surface area contributed by atoms with Crippen LogP contribution in [0.5, 0.6) is 0 Å². The van der Waals surface area contributed by atoms with Crippen molar-refractivity contribution < 1.29 is 8.78 Å². The van der Waals surface area contributed by atoms with Crippen LogP contribution >= 0.6 is 0 Å². The van der Waals surface area contributed by atoms with E-state index in [1.165, 1.54) is 0 Å². The molecule has 1 aromatic heterocycles. The number of alkyl halides is 2. The predicted octanol–water partition coefficient (Wildman–Crippen LogP) is 2.58. The maximum atomic E-state index is 13.3. The van der Waals surface area contributed by atoms with Gasteiger partial charge < -0.3 is 10.3 Å². The van der Waals surface area contributed by atoms with E-state index in [4.69, 9.17) is 5.73 Å². The van der Waals surface area contributed by atoms with Crippen LogP contribution in [0, 0.1) is 0 Å². The molecule has 2 N–H and O–H groups in total. The van der Waals surface area contributed by atoms with Crippen LogP contribution in [0.2, 0.25) is 0 Å². The Morgan fingerprint density at radius 1 is 1.35 bits per heavy atom. The number of hydrogen-bond donors (Lipinski definition) is 1. The Labute approximate surface area is 99.0 Å². The topological polar surface area (TPSA) is 43.8 Å². The smallest absolute Gasteiger partial charge is 0.250 e. The van der Waals surface area contributed by atoms with Gasteiger partial charge >= 0.3 is 0 Å². The van der Waals surface area contributed by atoms with Crippen LogP contribution in [-0.2, 0) is 5.54 Å². The molecule has 2 fully saturated rings. The number of nitrogens with zero attached hydrogens (tertiary/aromatic N) is 2. The highest BCUT2D eigenvalue weighted by Gasteiger charge is 2.43. The van der Waals surface area contributed by atoms with E-state index >= 15 is 0 Å². The van der Waals surface area contributed by atoms with Gasteiger partial charge in [0.05, 0.1) is 17.6 Å². The second kappa shape index (κ2) is 3.51. The van der Waals surface area contributed by atoms with Crippen LogP contribution in [0.4, 0.5) is 8.78 Å². The Bertz CT molecular complexity index is 423. The van der Waals surface area contributed by atoms with E-state index in [-0.39, 0.29) is 24.4 Å². The number of hydrogen-bond acceptors (Lipinski definition) is 2. The van der Waals surface area contributed by atoms with Gasteiger partial charge in [-0.05, 0) is 25.7 Å². The molecule has 3 nitrogen and oxygen atoms in total. The van der Waals surface area contributed by atoms with Gasteiger partial charge in [0.25, 0.3) is 0 Å². The predicted molar refractivity (Wildman–Crippen MR) is 59.8 cm³/mol. The summed E-state index contributed by atoms with van der Waals surface area (Å²) < 4.78 is 28.5. The molecule has 0 amide bonds. The summed E-state index contributed by atoms with van der Waals surface area (Å²) in [5, 5.41) is 0. The van der Waals surface area contributed by atoms with E-state index in [1.807, 2.05) is 10.8 Å². The molecule has 2 aliphatic carbocycles. The Morgan fingerprint density at radius 3 is 2.76 bits per heavy atom. The SMILES string of the molecule is NC1(c2cn(C3CCCC(F)(F)C3)cn2)CC1. The fourth-order valence-electron chi connectivity index (χ4n) is 2.58. The average Bonchev–Trinajstić information content (AvgIpc) is 2.81. The lowest BCUT2D eigenvalue weighted by Crippen LogP contribution is -2.27. The highest BCUT2D eigenvalue weighted by Crippen LogP contribution is 2.43. The molecule has 0 saturated heterocycles. The minimum atomic E-state index is -2.52. The van der Waals surface area contributed by atoms with E-state index in [9.17, 15) is 8.78 Å². The summed E-state index contributed by atoms with van der Waals surface area (Å²) in [5.41, 5.74) is 6.62. The Kier molecular flexibility index (Phi) is 2.30. The minimum absolute atomic E-state index is 0.0197. The summed E-state index contributed by atoms with van der Waals surface area (Å²) in [4.78, 5) is 4.27. The summed E-state index contributed by atoms with van der Waals surface area (Å²) >= 11 is 0. The number of imidazole rings is 1. The zero-order valence-electron chi connectivity index (χ0n) is 9.70. The van der Waals surface area contributed by atoms with Crippen molar-refractivity contribution in [2.75, 3.05) is 0 Å². The Hall–Kier alpha value is -0.970. The molecular weight excluding hydrogens is 224 g/mol. The molecule has 2 aliphatic rings. The average molecular weight is 241 g/mol. The molecule has 1 atom stereocenters. The molecule has 3 rings (SSSR count). The zero-order chi connectivity index (χ0) is 12.1. The number of aromatic nitrogens is 2. The molecule has 0 radical (unpaired) electrons. The van der Waals surface area contributed by atoms with Crippen LogP contribution in [0.15, 0.2) is 12.5 Å². The van der Waals surface area contributed by atoms with Gasteiger partial charge in [-0.3, -0.25) is 0 Å². The van der Waals surface area contributed by atoms with Crippen LogP contribution in [0.25, 0.3) is 0 Å². The van der Waals surface area contributed by atoms with Gasteiger partial charge in [-0.15, -0.1) is 0 Å². The summed E-state index contributed by atoms with van der Waals surface area (Å²) in [6.45, 7) is 0. The molecule has 0 aromatic carbocycles. The molecule has 0 aliphatic heterocycles. The Balaban J connectivity index is 1.77. The molecule has 0 bridgehead atoms. The molecule has 1 aromatic rings. The molecule has 1 unspecified atom stereocenters. The van der Waals surface area contributed by atoms with E-state index in [0.29, 0.717) is 6.42 Å². The largest absolute Gasteiger partial charge is 0.334 e. The number of halogens is 2. The third kappa shape index (κ3) is 2.08. The van der Waals surface area contributed by atoms with Crippen molar-refractivity contribution in [2.45, 2.75) is 56.0 Å². The number of rotatable bonds is 2. The Morgan fingerprint density at radius 2 is 2.12 bits per heavy atom. The first kappa shape index (κ1) is 11.1. The van der Waals surface area contributed by atoms with Gasteiger partial charge in [0.1, 0.15) is 0 Å². The van der Waals surface area contributed by atoms with E-state index in [1.54, 1.807) is 6.33 Å². The molecule has 2 saturated carbocycles. The van der Waals surface area contributed by atoms with Crippen molar-refractivity contribution in [2.24, 2.45) is 5.73 Å². The second-order valence-corrected chi connectivity index (χ2v) is 5.47. The van der Waals surface area contributed by atoms with E-state index < -0.39 is 5.92 Å². The van der Waals surface area contributed by atoms with E-state index in [2.05, 4.69) is 4.98 Å². The van der Waals surface area contributed by atoms with Crippen LogP contribution in [0.3, 0.4) is 0 Å². The first-order valence-corrected chi connectivity index (χ1v) is 6.19. The van der Waals surface area contributed by atoms with Crippen LogP contribution in [-0.4, -0.2) is 15.5 Å². The van der Waals surface area contributed by atoms with Crippen molar-refractivity contribution in [1.82, 2.24) is 9.55 Å². The van der Waals surface area contributed by atoms with Gasteiger partial charge in [0.15, 0.2) is 0 Å². The third-order valence-corrected chi connectivity index (χ3v) is 3.94. The molecule has 5 heteroatoms. The summed E-state index contributed by atoms with van der Waals surface area (Å²) in [6, 6.07) is -0.123. The fraction of sp³-hybridized carbons (Fsp3) is 0.750. The molecule has 1 heterocycles. The fourth-order valence-corrected chi connectivity index (χ4v) is 2.58. The van der Waals surface area contributed by atoms with Crippen molar-refractivity contribution in [3.05, 3.63) is 18.2 Å². The first-order valence-electron chi connectivity index (χ1n) is 6.19. The van der Waals surface area contributed by atoms with Crippen molar-refractivity contribution in [3.8, 4) is 0 Å². The summed E-state index contributed by atoms with van der Waals surface area (Å²) in [7, 11) is 0. The van der Waals surface area contributed by atoms with Crippen molar-refractivity contribution in [1.29, 1.82) is 0 Å². The van der Waals surface area contributed by atoms with Crippen molar-refractivity contribution in [3.63, 3.8) is 0 Å². The quantitative estimate of drug-likeness (QED) is 0.864. The standard InChI is InChI=1S/C12H17F2N3/c13-12(14)3-1-2-9(6-12)17-7-10(16-8-17)11(15)4-5-11/h7-9H,1-6,15H2. The van der Waals surface area contributed by atoms with Gasteiger partial charge in [0.2, 0.25) is 5.92 Å². The highest BCUT2D eigenvalue weighted by molar-refractivity contribution is 5.19. The lowest BCUT2D eigenvalue weighted by atomic mass is 9.92. The normalized spacial score (nSPS) is 30.2. The maximum absolute atomic E-state index is 13.3. The molecular formula is C12H17F2N3. The summed E-state index contributed by atoms with van der Waals surface area (Å²) in [6.07, 6.45) is 6.76. The maximum Gasteiger partial charge on any atom is 0.250 e. The molecule has 0 spiro atoms. The minimum Gasteiger partial charge on any atom is -0.334 e. The van der Waals surface area contributed by atoms with Crippen molar-refractivity contribution >= 4 is 0 Å². The van der Waals surface area contributed by atoms with Gasteiger partial charge in [-0.2, -0.15) is 0 Å². The van der Waals surface area contributed by atoms with Crippen LogP contribution < -0.4 is 5.73 Å². The lowest BCUT2D eigenvalue weighted by Gasteiger charge is -2.29. The van der Waals surface area contributed by atoms with Gasteiger partial charge in [0, 0.05) is 25.1 Å². The monoisotopic (exact) mass is 241 g/mol. The molecule has 17 heavy (non-hydrogen) atoms. The van der Waals surface area contributed by atoms with Gasteiger partial charge in [-0.25, -0.2) is 13.8 Å². The second-order valence-electron chi connectivity index (χ2n) is 5.47. The van der Waals surface area contributed by atoms with E-state index in [0.717, 1.165) is 25.0 Å². The first-order chi connectivity index (χ1) is 7.99. The third-order valence-electron chi connectivity index (χ3n) is 3.94. The zero-order valence-corrected chi connectivity index (χ0v) is 9.70. The summed E-state index contributed by atoms with van der Waals surface area (Å²) in [5.74, 6) is -2.52.